The van der Waals surface area contributed by atoms with Crippen LogP contribution in [0.3, 0.4) is 0 Å². The lowest BCUT2D eigenvalue weighted by molar-refractivity contribution is 0.222. The third-order valence-electron chi connectivity index (χ3n) is 1.16. The molecule has 8 heavy (non-hydrogen) atoms. The highest BCUT2D eigenvalue weighted by Crippen LogP contribution is 1.96. The fourth-order valence-corrected chi connectivity index (χ4v) is 0.642. The summed E-state index contributed by atoms with van der Waals surface area (Å²) in [7, 11) is 0. The van der Waals surface area contributed by atoms with Crippen LogP contribution in [0.2, 0.25) is 0 Å². The molecule has 1 heterocycles. The van der Waals surface area contributed by atoms with E-state index in [4.69, 9.17) is 0 Å². The first kappa shape index (κ1) is 5.28. The summed E-state index contributed by atoms with van der Waals surface area (Å²) in [6.45, 7) is 3.39. The highest BCUT2D eigenvalue weighted by atomic mass is 16.2. The summed E-state index contributed by atoms with van der Waals surface area (Å²) in [4.78, 5) is 15.8. The van der Waals surface area contributed by atoms with Crippen LogP contribution in [-0.2, 0) is 0 Å². The molecule has 0 bridgehead atoms. The van der Waals surface area contributed by atoms with Gasteiger partial charge in [0.15, 0.2) is 0 Å². The molecule has 0 radical (unpaired) electrons. The SMILES string of the molecule is CCN1CC=NC1=O. The van der Waals surface area contributed by atoms with Gasteiger partial charge in [-0.1, -0.05) is 0 Å². The molecule has 0 saturated heterocycles. The molecule has 1 rings (SSSR count). The standard InChI is InChI=1S/C5H8N2O/c1-2-7-4-3-6-5(7)8/h3H,2,4H2,1H3. The number of carbonyl (C=O) groups is 1. The number of nitrogens with zero attached hydrogens (tertiary/aromatic N) is 2. The Balaban J connectivity index is 2.51. The van der Waals surface area contributed by atoms with Gasteiger partial charge in [0.1, 0.15) is 0 Å². The Morgan fingerprint density at radius 3 is 3.00 bits per heavy atom. The first-order chi connectivity index (χ1) is 3.84. The van der Waals surface area contributed by atoms with E-state index >= 15 is 0 Å². The quantitative estimate of drug-likeness (QED) is 0.486. The summed E-state index contributed by atoms with van der Waals surface area (Å²) in [6.07, 6.45) is 1.63. The van der Waals surface area contributed by atoms with E-state index in [2.05, 4.69) is 4.99 Å². The van der Waals surface area contributed by atoms with E-state index in [-0.39, 0.29) is 6.03 Å². The van der Waals surface area contributed by atoms with E-state index < -0.39 is 0 Å². The van der Waals surface area contributed by atoms with Crippen LogP contribution in [0.15, 0.2) is 4.99 Å². The van der Waals surface area contributed by atoms with Crippen molar-refractivity contribution in [1.82, 2.24) is 4.90 Å². The number of hydrogen-bond donors (Lipinski definition) is 0. The van der Waals surface area contributed by atoms with Gasteiger partial charge in [-0.3, -0.25) is 0 Å². The maximum Gasteiger partial charge on any atom is 0.343 e. The summed E-state index contributed by atoms with van der Waals surface area (Å²) in [5.74, 6) is 0. The van der Waals surface area contributed by atoms with E-state index in [1.54, 1.807) is 11.1 Å². The van der Waals surface area contributed by atoms with E-state index in [0.29, 0.717) is 6.54 Å². The van der Waals surface area contributed by atoms with Crippen molar-refractivity contribution in [3.63, 3.8) is 0 Å². The van der Waals surface area contributed by atoms with E-state index in [0.717, 1.165) is 6.54 Å². The van der Waals surface area contributed by atoms with Gasteiger partial charge in [-0.25, -0.2) is 9.79 Å². The van der Waals surface area contributed by atoms with Gasteiger partial charge in [-0.2, -0.15) is 0 Å². The zero-order chi connectivity index (χ0) is 5.98. The largest absolute Gasteiger partial charge is 0.343 e. The Morgan fingerprint density at radius 2 is 2.75 bits per heavy atom. The molecule has 0 aromatic rings. The number of carbonyl (C=O) groups excluding carboxylic acids is 1. The molecular formula is C5H8N2O. The topological polar surface area (TPSA) is 32.7 Å². The van der Waals surface area contributed by atoms with Crippen LogP contribution < -0.4 is 0 Å². The average molecular weight is 112 g/mol. The van der Waals surface area contributed by atoms with E-state index in [9.17, 15) is 4.79 Å². The Labute approximate surface area is 48.0 Å². The van der Waals surface area contributed by atoms with Crippen LogP contribution >= 0.6 is 0 Å². The highest BCUT2D eigenvalue weighted by Gasteiger charge is 2.12. The van der Waals surface area contributed by atoms with Gasteiger partial charge in [0.2, 0.25) is 0 Å². The Morgan fingerprint density at radius 1 is 2.00 bits per heavy atom. The molecular weight excluding hydrogens is 104 g/mol. The summed E-state index contributed by atoms with van der Waals surface area (Å²) >= 11 is 0. The molecule has 1 aliphatic rings. The first-order valence-electron chi connectivity index (χ1n) is 2.66. The summed E-state index contributed by atoms with van der Waals surface area (Å²) < 4.78 is 0. The van der Waals surface area contributed by atoms with E-state index in [1.165, 1.54) is 0 Å². The van der Waals surface area contributed by atoms with Crippen molar-refractivity contribution in [2.75, 3.05) is 13.1 Å². The van der Waals surface area contributed by atoms with Crippen molar-refractivity contribution in [3.8, 4) is 0 Å². The average Bonchev–Trinajstić information content (AvgIpc) is 2.14. The lowest BCUT2D eigenvalue weighted by Gasteiger charge is -2.07. The smallest absolute Gasteiger partial charge is 0.318 e. The molecule has 3 heteroatoms. The molecule has 0 fully saturated rings. The van der Waals surface area contributed by atoms with Gasteiger partial charge in [0.25, 0.3) is 0 Å². The normalized spacial score (nSPS) is 18.1. The number of hydrogen-bond acceptors (Lipinski definition) is 1. The van der Waals surface area contributed by atoms with Crippen molar-refractivity contribution >= 4 is 12.2 Å². The minimum Gasteiger partial charge on any atom is -0.318 e. The molecule has 0 aliphatic carbocycles. The third-order valence-corrected chi connectivity index (χ3v) is 1.16. The number of rotatable bonds is 1. The van der Waals surface area contributed by atoms with Crippen LogP contribution in [-0.4, -0.2) is 30.2 Å². The van der Waals surface area contributed by atoms with Gasteiger partial charge in [0.05, 0.1) is 6.54 Å². The fourth-order valence-electron chi connectivity index (χ4n) is 0.642. The number of amides is 2. The zero-order valence-electron chi connectivity index (χ0n) is 4.79. The molecule has 1 aliphatic heterocycles. The van der Waals surface area contributed by atoms with Gasteiger partial charge >= 0.3 is 6.03 Å². The van der Waals surface area contributed by atoms with Crippen molar-refractivity contribution in [2.24, 2.45) is 4.99 Å². The van der Waals surface area contributed by atoms with Crippen LogP contribution in [0.4, 0.5) is 4.79 Å². The predicted molar refractivity (Wildman–Crippen MR) is 31.1 cm³/mol. The second kappa shape index (κ2) is 1.94. The monoisotopic (exact) mass is 112 g/mol. The van der Waals surface area contributed by atoms with Crippen molar-refractivity contribution in [3.05, 3.63) is 0 Å². The zero-order valence-corrected chi connectivity index (χ0v) is 4.79. The van der Waals surface area contributed by atoms with Crippen LogP contribution in [0, 0.1) is 0 Å². The van der Waals surface area contributed by atoms with Gasteiger partial charge in [-0.15, -0.1) is 0 Å². The van der Waals surface area contributed by atoms with Gasteiger partial charge in [0, 0.05) is 12.8 Å². The molecule has 0 aromatic carbocycles. The third kappa shape index (κ3) is 0.710. The molecule has 0 spiro atoms. The maximum absolute atomic E-state index is 10.5. The number of urea groups is 1. The summed E-state index contributed by atoms with van der Waals surface area (Å²) in [5, 5.41) is 0. The molecule has 0 saturated carbocycles. The van der Waals surface area contributed by atoms with Crippen LogP contribution in [0.1, 0.15) is 6.92 Å². The molecule has 3 nitrogen and oxygen atoms in total. The maximum atomic E-state index is 10.5. The second-order valence-corrected chi connectivity index (χ2v) is 1.63. The minimum absolute atomic E-state index is 0.104. The van der Waals surface area contributed by atoms with Crippen molar-refractivity contribution in [1.29, 1.82) is 0 Å². The van der Waals surface area contributed by atoms with Gasteiger partial charge < -0.3 is 4.90 Å². The van der Waals surface area contributed by atoms with Crippen molar-refractivity contribution in [2.45, 2.75) is 6.92 Å². The minimum atomic E-state index is -0.104. The molecule has 0 atom stereocenters. The van der Waals surface area contributed by atoms with Crippen LogP contribution in [0.25, 0.3) is 0 Å². The van der Waals surface area contributed by atoms with Gasteiger partial charge in [-0.05, 0) is 6.92 Å². The molecule has 0 N–H and O–H groups in total. The Kier molecular flexibility index (Phi) is 1.28. The molecule has 0 aromatic heterocycles. The lowest BCUT2D eigenvalue weighted by Crippen LogP contribution is -2.23. The Bertz CT molecular complexity index is 130. The highest BCUT2D eigenvalue weighted by molar-refractivity contribution is 5.90. The first-order valence-corrected chi connectivity index (χ1v) is 2.66. The van der Waals surface area contributed by atoms with Crippen molar-refractivity contribution < 1.29 is 4.79 Å². The lowest BCUT2D eigenvalue weighted by atomic mass is 10.6. The van der Waals surface area contributed by atoms with Crippen LogP contribution in [0.5, 0.6) is 0 Å². The van der Waals surface area contributed by atoms with E-state index in [1.807, 2.05) is 6.92 Å². The Hall–Kier alpha value is -0.860. The summed E-state index contributed by atoms with van der Waals surface area (Å²) in [6, 6.07) is -0.104. The molecule has 2 amide bonds. The second-order valence-electron chi connectivity index (χ2n) is 1.63. The molecule has 44 valence electrons. The number of aliphatic imine (C=N–C) groups is 1. The predicted octanol–water partition coefficient (Wildman–Crippen LogP) is 0.513. The molecule has 0 unspecified atom stereocenters. The fraction of sp³-hybridized carbons (Fsp3) is 0.600. The summed E-state index contributed by atoms with van der Waals surface area (Å²) in [5.41, 5.74) is 0.